The van der Waals surface area contributed by atoms with Gasteiger partial charge in [0.2, 0.25) is 0 Å². The number of rotatable bonds is 5. The normalized spacial score (nSPS) is 22.1. The molecule has 1 aliphatic heterocycles. The first-order valence-corrected chi connectivity index (χ1v) is 7.62. The number of amides is 1. The zero-order valence-electron chi connectivity index (χ0n) is 13.2. The quantitative estimate of drug-likeness (QED) is 0.906. The molecule has 1 aromatic heterocycles. The average molecular weight is 291 g/mol. The van der Waals surface area contributed by atoms with E-state index < -0.39 is 0 Å². The van der Waals surface area contributed by atoms with Crippen molar-refractivity contribution in [3.63, 3.8) is 0 Å². The van der Waals surface area contributed by atoms with Crippen LogP contribution in [0.1, 0.15) is 43.5 Å². The summed E-state index contributed by atoms with van der Waals surface area (Å²) >= 11 is 0. The highest BCUT2D eigenvalue weighted by Crippen LogP contribution is 2.26. The molecule has 0 spiro atoms. The second kappa shape index (κ2) is 6.89. The molecule has 5 nitrogen and oxygen atoms in total. The summed E-state index contributed by atoms with van der Waals surface area (Å²) in [6, 6.07) is 1.86. The first-order valence-electron chi connectivity index (χ1n) is 7.62. The van der Waals surface area contributed by atoms with Gasteiger partial charge in [-0.25, -0.2) is 0 Å². The zero-order valence-corrected chi connectivity index (χ0v) is 13.2. The Labute approximate surface area is 126 Å². The second-order valence-corrected chi connectivity index (χ2v) is 5.83. The number of hydrogen-bond acceptors (Lipinski definition) is 4. The van der Waals surface area contributed by atoms with E-state index in [9.17, 15) is 4.79 Å². The molecule has 2 heterocycles. The maximum atomic E-state index is 12.8. The monoisotopic (exact) mass is 291 g/mol. The van der Waals surface area contributed by atoms with E-state index in [0.717, 1.165) is 38.0 Å². The van der Waals surface area contributed by atoms with Crippen molar-refractivity contribution in [1.82, 2.24) is 9.88 Å². The third-order valence-electron chi connectivity index (χ3n) is 4.06. The number of nitrogens with one attached hydrogen (secondary N) is 1. The van der Waals surface area contributed by atoms with Gasteiger partial charge in [0.15, 0.2) is 0 Å². The van der Waals surface area contributed by atoms with E-state index in [1.807, 2.05) is 11.0 Å². The molecule has 1 atom stereocenters. The second-order valence-electron chi connectivity index (χ2n) is 5.83. The molecule has 1 N–H and O–H groups in total. The summed E-state index contributed by atoms with van der Waals surface area (Å²) in [6.45, 7) is 6.42. The molecule has 1 aromatic rings. The van der Waals surface area contributed by atoms with Crippen LogP contribution in [0.4, 0.5) is 5.69 Å². The Bertz CT molecular complexity index is 492. The van der Waals surface area contributed by atoms with Crippen LogP contribution in [-0.2, 0) is 4.74 Å². The Kier molecular flexibility index (Phi) is 5.17. The van der Waals surface area contributed by atoms with Gasteiger partial charge in [-0.3, -0.25) is 9.78 Å². The topological polar surface area (TPSA) is 54.5 Å². The average Bonchev–Trinajstić information content (AvgIpc) is 2.52. The van der Waals surface area contributed by atoms with E-state index in [1.54, 1.807) is 19.5 Å². The molecule has 1 amide bonds. The fourth-order valence-corrected chi connectivity index (χ4v) is 2.69. The van der Waals surface area contributed by atoms with E-state index in [-0.39, 0.29) is 11.5 Å². The number of nitrogens with zero attached hydrogens (tertiary/aromatic N) is 2. The van der Waals surface area contributed by atoms with E-state index in [0.29, 0.717) is 12.1 Å². The molecule has 1 unspecified atom stereocenters. The maximum absolute atomic E-state index is 12.8. The molecule has 116 valence electrons. The number of carbonyl (C=O) groups is 1. The summed E-state index contributed by atoms with van der Waals surface area (Å²) in [5, 5.41) is 3.30. The molecule has 0 saturated carbocycles. The van der Waals surface area contributed by atoms with E-state index in [2.05, 4.69) is 24.1 Å². The van der Waals surface area contributed by atoms with E-state index in [4.69, 9.17) is 4.74 Å². The SMILES string of the molecule is CCCNc1ccncc1C(=O)N1CCCC(C)(OC)C1. The third-order valence-corrected chi connectivity index (χ3v) is 4.06. The van der Waals surface area contributed by atoms with Crippen molar-refractivity contribution in [1.29, 1.82) is 0 Å². The van der Waals surface area contributed by atoms with Crippen molar-refractivity contribution >= 4 is 11.6 Å². The van der Waals surface area contributed by atoms with Crippen LogP contribution in [0.15, 0.2) is 18.5 Å². The van der Waals surface area contributed by atoms with Crippen molar-refractivity contribution < 1.29 is 9.53 Å². The summed E-state index contributed by atoms with van der Waals surface area (Å²) in [7, 11) is 1.71. The van der Waals surface area contributed by atoms with Gasteiger partial charge < -0.3 is 15.0 Å². The summed E-state index contributed by atoms with van der Waals surface area (Å²) < 4.78 is 5.56. The summed E-state index contributed by atoms with van der Waals surface area (Å²) in [4.78, 5) is 18.8. The molecule has 1 fully saturated rings. The molecule has 1 saturated heterocycles. The lowest BCUT2D eigenvalue weighted by Crippen LogP contribution is -2.49. The Morgan fingerprint density at radius 1 is 1.57 bits per heavy atom. The van der Waals surface area contributed by atoms with Gasteiger partial charge >= 0.3 is 0 Å². The first kappa shape index (κ1) is 15.8. The lowest BCUT2D eigenvalue weighted by molar-refractivity contribution is -0.0440. The van der Waals surface area contributed by atoms with E-state index in [1.165, 1.54) is 0 Å². The van der Waals surface area contributed by atoms with Crippen LogP contribution in [0.2, 0.25) is 0 Å². The van der Waals surface area contributed by atoms with Crippen LogP contribution in [0, 0.1) is 0 Å². The number of piperidine rings is 1. The van der Waals surface area contributed by atoms with Crippen molar-refractivity contribution in [3.05, 3.63) is 24.0 Å². The Morgan fingerprint density at radius 2 is 2.38 bits per heavy atom. The van der Waals surface area contributed by atoms with Crippen LogP contribution in [0.3, 0.4) is 0 Å². The number of carbonyl (C=O) groups excluding carboxylic acids is 1. The van der Waals surface area contributed by atoms with Crippen molar-refractivity contribution in [2.45, 2.75) is 38.7 Å². The molecule has 5 heteroatoms. The van der Waals surface area contributed by atoms with Crippen LogP contribution < -0.4 is 5.32 Å². The standard InChI is InChI=1S/C16H25N3O2/c1-4-8-18-14-6-9-17-11-13(14)15(20)19-10-5-7-16(2,12-19)21-3/h6,9,11H,4-5,7-8,10,12H2,1-3H3,(H,17,18). The molecule has 2 rings (SSSR count). The predicted molar refractivity (Wildman–Crippen MR) is 83.6 cm³/mol. The Hall–Kier alpha value is -1.62. The molecule has 21 heavy (non-hydrogen) atoms. The van der Waals surface area contributed by atoms with Gasteiger partial charge in [-0.15, -0.1) is 0 Å². The van der Waals surface area contributed by atoms with Crippen LogP contribution in [0.25, 0.3) is 0 Å². The molecule has 0 radical (unpaired) electrons. The van der Waals surface area contributed by atoms with E-state index >= 15 is 0 Å². The van der Waals surface area contributed by atoms with Crippen molar-refractivity contribution in [2.24, 2.45) is 0 Å². The van der Waals surface area contributed by atoms with Gasteiger partial charge in [-0.1, -0.05) is 6.92 Å². The van der Waals surface area contributed by atoms with Crippen LogP contribution >= 0.6 is 0 Å². The van der Waals surface area contributed by atoms with Gasteiger partial charge in [0.05, 0.1) is 16.9 Å². The zero-order chi connectivity index (χ0) is 15.3. The molecule has 0 aromatic carbocycles. The fourth-order valence-electron chi connectivity index (χ4n) is 2.69. The smallest absolute Gasteiger partial charge is 0.257 e. The number of hydrogen-bond donors (Lipinski definition) is 1. The number of ether oxygens (including phenoxy) is 1. The highest BCUT2D eigenvalue weighted by molar-refractivity contribution is 5.99. The largest absolute Gasteiger partial charge is 0.384 e. The maximum Gasteiger partial charge on any atom is 0.257 e. The first-order chi connectivity index (χ1) is 10.1. The molecular formula is C16H25N3O2. The van der Waals surface area contributed by atoms with Crippen LogP contribution in [-0.4, -0.2) is 48.1 Å². The fraction of sp³-hybridized carbons (Fsp3) is 0.625. The number of anilines is 1. The number of likely N-dealkylation sites (tertiary alicyclic amines) is 1. The predicted octanol–water partition coefficient (Wildman–Crippen LogP) is 2.54. The third kappa shape index (κ3) is 3.73. The van der Waals surface area contributed by atoms with Gasteiger partial charge in [-0.05, 0) is 32.3 Å². The number of pyridine rings is 1. The highest BCUT2D eigenvalue weighted by Gasteiger charge is 2.33. The highest BCUT2D eigenvalue weighted by atomic mass is 16.5. The Balaban J connectivity index is 2.16. The van der Waals surface area contributed by atoms with Crippen molar-refractivity contribution in [3.8, 4) is 0 Å². The van der Waals surface area contributed by atoms with Gasteiger partial charge in [0.25, 0.3) is 5.91 Å². The van der Waals surface area contributed by atoms with Crippen LogP contribution in [0.5, 0.6) is 0 Å². The molecular weight excluding hydrogens is 266 g/mol. The number of aromatic nitrogens is 1. The van der Waals surface area contributed by atoms with Gasteiger partial charge in [0.1, 0.15) is 0 Å². The molecule has 1 aliphatic rings. The minimum Gasteiger partial charge on any atom is -0.384 e. The summed E-state index contributed by atoms with van der Waals surface area (Å²) in [5.41, 5.74) is 1.26. The Morgan fingerprint density at radius 3 is 3.10 bits per heavy atom. The molecule has 0 bridgehead atoms. The van der Waals surface area contributed by atoms with Gasteiger partial charge in [0, 0.05) is 39.1 Å². The lowest BCUT2D eigenvalue weighted by Gasteiger charge is -2.39. The molecule has 0 aliphatic carbocycles. The summed E-state index contributed by atoms with van der Waals surface area (Å²) in [5.74, 6) is 0.0321. The lowest BCUT2D eigenvalue weighted by atomic mass is 9.94. The minimum atomic E-state index is -0.243. The summed E-state index contributed by atoms with van der Waals surface area (Å²) in [6.07, 6.45) is 6.33. The minimum absolute atomic E-state index is 0.0321. The number of methoxy groups -OCH3 is 1. The van der Waals surface area contributed by atoms with Crippen molar-refractivity contribution in [2.75, 3.05) is 32.1 Å². The van der Waals surface area contributed by atoms with Gasteiger partial charge in [-0.2, -0.15) is 0 Å².